The van der Waals surface area contributed by atoms with E-state index in [2.05, 4.69) is 4.90 Å². The van der Waals surface area contributed by atoms with Crippen molar-refractivity contribution in [3.05, 3.63) is 0 Å². The zero-order valence-corrected chi connectivity index (χ0v) is 11.2. The Morgan fingerprint density at radius 2 is 2.00 bits per heavy atom. The molecule has 1 heterocycles. The van der Waals surface area contributed by atoms with Gasteiger partial charge < -0.3 is 14.7 Å². The molecular weight excluding hydrogens is 218 g/mol. The van der Waals surface area contributed by atoms with E-state index in [0.717, 1.165) is 25.9 Å². The molecule has 1 aliphatic heterocycles. The van der Waals surface area contributed by atoms with E-state index in [4.69, 9.17) is 4.74 Å². The maximum atomic E-state index is 11.3. The molecule has 0 spiro atoms. The van der Waals surface area contributed by atoms with Gasteiger partial charge in [-0.2, -0.15) is 0 Å². The molecule has 1 rings (SSSR count). The molecule has 4 nitrogen and oxygen atoms in total. The van der Waals surface area contributed by atoms with Crippen LogP contribution in [0.2, 0.25) is 0 Å². The van der Waals surface area contributed by atoms with Crippen LogP contribution in [0.5, 0.6) is 0 Å². The molecule has 1 N–H and O–H groups in total. The number of ether oxygens (including phenoxy) is 1. The maximum absolute atomic E-state index is 11.3. The molecule has 4 heteroatoms. The van der Waals surface area contributed by atoms with E-state index in [-0.39, 0.29) is 5.97 Å². The first kappa shape index (κ1) is 14.5. The number of hydrogen-bond acceptors (Lipinski definition) is 4. The molecule has 1 aliphatic rings. The van der Waals surface area contributed by atoms with Crippen LogP contribution >= 0.6 is 0 Å². The summed E-state index contributed by atoms with van der Waals surface area (Å²) in [6.45, 7) is 8.61. The minimum Gasteiger partial charge on any atom is -0.466 e. The minimum atomic E-state index is -0.631. The monoisotopic (exact) mass is 243 g/mol. The van der Waals surface area contributed by atoms with Crippen molar-refractivity contribution in [3.63, 3.8) is 0 Å². The number of nitrogens with zero attached hydrogens (tertiary/aromatic N) is 1. The Kier molecular flexibility index (Phi) is 5.40. The molecule has 0 radical (unpaired) electrons. The highest BCUT2D eigenvalue weighted by molar-refractivity contribution is 5.69. The van der Waals surface area contributed by atoms with Crippen LogP contribution in [0.15, 0.2) is 0 Å². The fourth-order valence-corrected chi connectivity index (χ4v) is 2.35. The molecule has 0 aliphatic carbocycles. The third-order valence-corrected chi connectivity index (χ3v) is 3.08. The van der Waals surface area contributed by atoms with Gasteiger partial charge in [-0.3, -0.25) is 4.79 Å². The van der Waals surface area contributed by atoms with Crippen LogP contribution in [-0.2, 0) is 9.53 Å². The summed E-state index contributed by atoms with van der Waals surface area (Å²) in [7, 11) is 0. The van der Waals surface area contributed by atoms with Crippen LogP contribution in [0.4, 0.5) is 0 Å². The van der Waals surface area contributed by atoms with Gasteiger partial charge in [0.1, 0.15) is 0 Å². The van der Waals surface area contributed by atoms with Crippen LogP contribution < -0.4 is 0 Å². The Labute approximate surface area is 104 Å². The third-order valence-electron chi connectivity index (χ3n) is 3.08. The molecule has 0 unspecified atom stereocenters. The first-order chi connectivity index (χ1) is 7.90. The van der Waals surface area contributed by atoms with Gasteiger partial charge in [-0.25, -0.2) is 0 Å². The number of carbonyl (C=O) groups excluding carboxylic acids is 1. The van der Waals surface area contributed by atoms with E-state index in [1.54, 1.807) is 0 Å². The van der Waals surface area contributed by atoms with E-state index < -0.39 is 5.60 Å². The summed E-state index contributed by atoms with van der Waals surface area (Å²) in [6, 6.07) is 0. The summed E-state index contributed by atoms with van der Waals surface area (Å²) >= 11 is 0. The van der Waals surface area contributed by atoms with E-state index in [1.807, 2.05) is 20.8 Å². The fraction of sp³-hybridized carbons (Fsp3) is 0.923. The number of esters is 1. The number of piperidine rings is 1. The number of β-amino-alcohol motifs (C(OH)–C–C–N with tert-alkyl or cyclic N) is 1. The van der Waals surface area contributed by atoms with Crippen molar-refractivity contribution in [3.8, 4) is 0 Å². The topological polar surface area (TPSA) is 49.8 Å². The van der Waals surface area contributed by atoms with Crippen molar-refractivity contribution in [2.24, 2.45) is 5.92 Å². The molecule has 0 bridgehead atoms. The average Bonchev–Trinajstić information content (AvgIpc) is 2.19. The van der Waals surface area contributed by atoms with E-state index >= 15 is 0 Å². The van der Waals surface area contributed by atoms with Gasteiger partial charge in [-0.05, 0) is 52.6 Å². The van der Waals surface area contributed by atoms with Crippen molar-refractivity contribution in [1.29, 1.82) is 0 Å². The molecule has 0 saturated carbocycles. The molecule has 0 aromatic heterocycles. The van der Waals surface area contributed by atoms with Gasteiger partial charge in [0.2, 0.25) is 0 Å². The maximum Gasteiger partial charge on any atom is 0.306 e. The highest BCUT2D eigenvalue weighted by atomic mass is 16.5. The van der Waals surface area contributed by atoms with Gasteiger partial charge in [0.25, 0.3) is 0 Å². The third kappa shape index (κ3) is 6.03. The summed E-state index contributed by atoms with van der Waals surface area (Å²) in [5.41, 5.74) is -0.631. The van der Waals surface area contributed by atoms with E-state index in [1.165, 1.54) is 0 Å². The first-order valence-electron chi connectivity index (χ1n) is 6.51. The summed E-state index contributed by atoms with van der Waals surface area (Å²) < 4.78 is 4.96. The van der Waals surface area contributed by atoms with Gasteiger partial charge in [-0.15, -0.1) is 0 Å². The van der Waals surface area contributed by atoms with Gasteiger partial charge in [0.05, 0.1) is 12.2 Å². The molecule has 100 valence electrons. The number of likely N-dealkylation sites (tertiary alicyclic amines) is 1. The number of carbonyl (C=O) groups is 1. The van der Waals surface area contributed by atoms with Crippen LogP contribution in [0.25, 0.3) is 0 Å². The Bertz CT molecular complexity index is 240. The number of aliphatic hydroxyl groups is 1. The predicted octanol–water partition coefficient (Wildman–Crippen LogP) is 1.42. The lowest BCUT2D eigenvalue weighted by atomic mass is 9.93. The zero-order chi connectivity index (χ0) is 12.9. The largest absolute Gasteiger partial charge is 0.466 e. The second-order valence-corrected chi connectivity index (χ2v) is 5.54. The Morgan fingerprint density at radius 3 is 2.47 bits per heavy atom. The molecule has 0 atom stereocenters. The lowest BCUT2D eigenvalue weighted by Crippen LogP contribution is -2.43. The summed E-state index contributed by atoms with van der Waals surface area (Å²) in [5.74, 6) is 0.376. The Morgan fingerprint density at radius 1 is 1.41 bits per heavy atom. The van der Waals surface area contributed by atoms with Gasteiger partial charge in [-0.1, -0.05) is 0 Å². The Balaban J connectivity index is 2.24. The summed E-state index contributed by atoms with van der Waals surface area (Å²) in [6.07, 6.45) is 2.59. The second-order valence-electron chi connectivity index (χ2n) is 5.54. The zero-order valence-electron chi connectivity index (χ0n) is 11.2. The standard InChI is InChI=1S/C13H25NO3/c1-4-17-12(15)9-11-5-7-14(8-6-11)10-13(2,3)16/h11,16H,4-10H2,1-3H3. The quantitative estimate of drug-likeness (QED) is 0.742. The van der Waals surface area contributed by atoms with Crippen LogP contribution in [0.1, 0.15) is 40.0 Å². The normalized spacial score (nSPS) is 19.3. The van der Waals surface area contributed by atoms with Gasteiger partial charge >= 0.3 is 5.97 Å². The molecule has 17 heavy (non-hydrogen) atoms. The number of rotatable bonds is 5. The fourth-order valence-electron chi connectivity index (χ4n) is 2.35. The van der Waals surface area contributed by atoms with E-state index in [0.29, 0.717) is 25.5 Å². The van der Waals surface area contributed by atoms with Gasteiger partial charge in [0, 0.05) is 13.0 Å². The van der Waals surface area contributed by atoms with Crippen molar-refractivity contribution in [2.45, 2.75) is 45.6 Å². The average molecular weight is 243 g/mol. The molecule has 0 amide bonds. The molecule has 0 aromatic carbocycles. The van der Waals surface area contributed by atoms with Crippen LogP contribution in [0, 0.1) is 5.92 Å². The molecule has 1 fully saturated rings. The van der Waals surface area contributed by atoms with Crippen molar-refractivity contribution in [2.75, 3.05) is 26.2 Å². The molecule has 1 saturated heterocycles. The van der Waals surface area contributed by atoms with E-state index in [9.17, 15) is 9.90 Å². The molecular formula is C13H25NO3. The highest BCUT2D eigenvalue weighted by Gasteiger charge is 2.25. The van der Waals surface area contributed by atoms with Crippen LogP contribution in [-0.4, -0.2) is 47.8 Å². The van der Waals surface area contributed by atoms with Crippen molar-refractivity contribution in [1.82, 2.24) is 4.90 Å². The summed E-state index contributed by atoms with van der Waals surface area (Å²) in [4.78, 5) is 13.6. The lowest BCUT2D eigenvalue weighted by Gasteiger charge is -2.35. The second kappa shape index (κ2) is 6.36. The Hall–Kier alpha value is -0.610. The highest BCUT2D eigenvalue weighted by Crippen LogP contribution is 2.22. The smallest absolute Gasteiger partial charge is 0.306 e. The summed E-state index contributed by atoms with van der Waals surface area (Å²) in [5, 5.41) is 9.74. The van der Waals surface area contributed by atoms with Crippen molar-refractivity contribution < 1.29 is 14.6 Å². The SMILES string of the molecule is CCOC(=O)CC1CCN(CC(C)(C)O)CC1. The van der Waals surface area contributed by atoms with Gasteiger partial charge in [0.15, 0.2) is 0 Å². The van der Waals surface area contributed by atoms with Crippen molar-refractivity contribution >= 4 is 5.97 Å². The number of hydrogen-bond donors (Lipinski definition) is 1. The van der Waals surface area contributed by atoms with Crippen LogP contribution in [0.3, 0.4) is 0 Å². The minimum absolute atomic E-state index is 0.0755. The first-order valence-corrected chi connectivity index (χ1v) is 6.51. The predicted molar refractivity (Wildman–Crippen MR) is 66.7 cm³/mol. The lowest BCUT2D eigenvalue weighted by molar-refractivity contribution is -0.144. The molecule has 0 aromatic rings.